The average Bonchev–Trinajstić information content (AvgIpc) is 2.86. The van der Waals surface area contributed by atoms with Crippen molar-refractivity contribution in [2.45, 2.75) is 32.9 Å². The minimum atomic E-state index is 0.0638. The van der Waals surface area contributed by atoms with Crippen molar-refractivity contribution in [1.82, 2.24) is 14.9 Å². The van der Waals surface area contributed by atoms with Crippen LogP contribution in [0.3, 0.4) is 0 Å². The molecule has 0 aliphatic carbocycles. The van der Waals surface area contributed by atoms with E-state index in [0.29, 0.717) is 10.0 Å². The van der Waals surface area contributed by atoms with Crippen LogP contribution in [-0.4, -0.2) is 16.1 Å². The number of benzene rings is 1. The van der Waals surface area contributed by atoms with E-state index in [9.17, 15) is 0 Å². The van der Waals surface area contributed by atoms with Gasteiger partial charge in [0.05, 0.1) is 0 Å². The second-order valence-electron chi connectivity index (χ2n) is 4.58. The zero-order valence-corrected chi connectivity index (χ0v) is 13.2. The van der Waals surface area contributed by atoms with Crippen LogP contribution in [0.4, 0.5) is 0 Å². The summed E-state index contributed by atoms with van der Waals surface area (Å²) in [5.41, 5.74) is 0.948. The van der Waals surface area contributed by atoms with Gasteiger partial charge in [-0.05, 0) is 25.6 Å². The minimum Gasteiger partial charge on any atom is -0.335 e. The van der Waals surface area contributed by atoms with Crippen molar-refractivity contribution in [2.75, 3.05) is 6.54 Å². The van der Waals surface area contributed by atoms with Crippen LogP contribution < -0.4 is 5.32 Å². The Bertz CT molecular complexity index is 546. The Hall–Kier alpha value is -1.03. The molecule has 1 atom stereocenters. The lowest BCUT2D eigenvalue weighted by molar-refractivity contribution is 0.522. The molecular formula is C15H19Cl2N3. The number of hydrogen-bond donors (Lipinski definition) is 1. The highest BCUT2D eigenvalue weighted by molar-refractivity contribution is 6.36. The standard InChI is InChI=1S/C15H19Cl2N3/c1-3-18-13(10-14-19-8-9-20(14)4-2)15-11(16)6-5-7-12(15)17/h5-9,13,18H,3-4,10H2,1-2H3. The quantitative estimate of drug-likeness (QED) is 0.870. The van der Waals surface area contributed by atoms with Crippen molar-refractivity contribution in [3.8, 4) is 0 Å². The summed E-state index contributed by atoms with van der Waals surface area (Å²) < 4.78 is 2.13. The molecule has 2 aromatic rings. The Labute approximate surface area is 129 Å². The molecule has 108 valence electrons. The first-order chi connectivity index (χ1) is 9.67. The largest absolute Gasteiger partial charge is 0.335 e. The second-order valence-corrected chi connectivity index (χ2v) is 5.39. The smallest absolute Gasteiger partial charge is 0.110 e. The number of aromatic nitrogens is 2. The van der Waals surface area contributed by atoms with Gasteiger partial charge >= 0.3 is 0 Å². The lowest BCUT2D eigenvalue weighted by Crippen LogP contribution is -2.25. The molecule has 1 aromatic carbocycles. The van der Waals surface area contributed by atoms with Crippen LogP contribution in [0.15, 0.2) is 30.6 Å². The van der Waals surface area contributed by atoms with Crippen molar-refractivity contribution < 1.29 is 0 Å². The topological polar surface area (TPSA) is 29.9 Å². The fourth-order valence-corrected chi connectivity index (χ4v) is 3.03. The number of likely N-dealkylation sites (N-methyl/N-ethyl adjacent to an activating group) is 1. The van der Waals surface area contributed by atoms with E-state index in [4.69, 9.17) is 23.2 Å². The van der Waals surface area contributed by atoms with Gasteiger partial charge in [-0.25, -0.2) is 4.98 Å². The SMILES string of the molecule is CCNC(Cc1nccn1CC)c1c(Cl)cccc1Cl. The van der Waals surface area contributed by atoms with Crippen molar-refractivity contribution in [3.63, 3.8) is 0 Å². The van der Waals surface area contributed by atoms with Crippen LogP contribution in [0.5, 0.6) is 0 Å². The maximum absolute atomic E-state index is 6.32. The number of halogens is 2. The molecule has 0 saturated carbocycles. The summed E-state index contributed by atoms with van der Waals surface area (Å²) in [4.78, 5) is 4.43. The van der Waals surface area contributed by atoms with Gasteiger partial charge in [-0.15, -0.1) is 0 Å². The predicted molar refractivity (Wildman–Crippen MR) is 84.5 cm³/mol. The number of hydrogen-bond acceptors (Lipinski definition) is 2. The molecule has 0 bridgehead atoms. The molecule has 1 N–H and O–H groups in total. The summed E-state index contributed by atoms with van der Waals surface area (Å²) in [7, 11) is 0. The molecule has 0 spiro atoms. The van der Waals surface area contributed by atoms with Crippen LogP contribution >= 0.6 is 23.2 Å². The van der Waals surface area contributed by atoms with Gasteiger partial charge in [-0.1, -0.05) is 36.2 Å². The van der Waals surface area contributed by atoms with Crippen LogP contribution in [0.25, 0.3) is 0 Å². The number of nitrogens with zero attached hydrogens (tertiary/aromatic N) is 2. The molecule has 0 aliphatic heterocycles. The maximum atomic E-state index is 6.32. The summed E-state index contributed by atoms with van der Waals surface area (Å²) in [6.07, 6.45) is 4.58. The Morgan fingerprint density at radius 2 is 1.95 bits per heavy atom. The minimum absolute atomic E-state index is 0.0638. The third kappa shape index (κ3) is 3.35. The third-order valence-corrected chi connectivity index (χ3v) is 3.99. The molecule has 0 saturated heterocycles. The summed E-state index contributed by atoms with van der Waals surface area (Å²) in [5, 5.41) is 4.83. The van der Waals surface area contributed by atoms with Crippen molar-refractivity contribution in [2.24, 2.45) is 0 Å². The molecule has 1 aromatic heterocycles. The molecule has 20 heavy (non-hydrogen) atoms. The van der Waals surface area contributed by atoms with Crippen LogP contribution in [0.2, 0.25) is 10.0 Å². The molecule has 5 heteroatoms. The summed E-state index contributed by atoms with van der Waals surface area (Å²) in [6.45, 7) is 5.93. The van der Waals surface area contributed by atoms with E-state index >= 15 is 0 Å². The zero-order valence-electron chi connectivity index (χ0n) is 11.7. The second kappa shape index (κ2) is 7.11. The summed E-state index contributed by atoms with van der Waals surface area (Å²) >= 11 is 12.6. The first kappa shape index (κ1) is 15.4. The zero-order chi connectivity index (χ0) is 14.5. The van der Waals surface area contributed by atoms with E-state index in [1.807, 2.05) is 30.6 Å². The molecule has 0 amide bonds. The molecule has 0 fully saturated rings. The number of imidazole rings is 1. The van der Waals surface area contributed by atoms with Crippen molar-refractivity contribution >= 4 is 23.2 Å². The number of rotatable bonds is 6. The molecule has 1 unspecified atom stereocenters. The fourth-order valence-electron chi connectivity index (χ4n) is 2.37. The predicted octanol–water partition coefficient (Wildman–Crippen LogP) is 4.10. The fraction of sp³-hybridized carbons (Fsp3) is 0.400. The van der Waals surface area contributed by atoms with E-state index < -0.39 is 0 Å². The van der Waals surface area contributed by atoms with Gasteiger partial charge in [0.25, 0.3) is 0 Å². The first-order valence-electron chi connectivity index (χ1n) is 6.84. The third-order valence-electron chi connectivity index (χ3n) is 3.33. The Morgan fingerprint density at radius 1 is 1.25 bits per heavy atom. The molecule has 0 radical (unpaired) electrons. The van der Waals surface area contributed by atoms with Crippen molar-refractivity contribution in [3.05, 3.63) is 52.0 Å². The van der Waals surface area contributed by atoms with Gasteiger partial charge in [0, 0.05) is 47.0 Å². The van der Waals surface area contributed by atoms with E-state index in [1.165, 1.54) is 0 Å². The highest BCUT2D eigenvalue weighted by Gasteiger charge is 2.19. The molecule has 3 nitrogen and oxygen atoms in total. The maximum Gasteiger partial charge on any atom is 0.110 e. The Morgan fingerprint density at radius 3 is 2.55 bits per heavy atom. The number of aryl methyl sites for hydroxylation is 1. The summed E-state index contributed by atoms with van der Waals surface area (Å²) in [5.74, 6) is 1.04. The summed E-state index contributed by atoms with van der Waals surface area (Å²) in [6, 6.07) is 5.68. The van der Waals surface area contributed by atoms with Crippen LogP contribution in [0, 0.1) is 0 Å². The van der Waals surface area contributed by atoms with E-state index in [-0.39, 0.29) is 6.04 Å². The van der Waals surface area contributed by atoms with Gasteiger partial charge in [0.2, 0.25) is 0 Å². The van der Waals surface area contributed by atoms with E-state index in [1.54, 1.807) is 0 Å². The lowest BCUT2D eigenvalue weighted by Gasteiger charge is -2.21. The van der Waals surface area contributed by atoms with Gasteiger partial charge in [0.1, 0.15) is 5.82 Å². The van der Waals surface area contributed by atoms with E-state index in [0.717, 1.165) is 30.9 Å². The molecular weight excluding hydrogens is 293 g/mol. The van der Waals surface area contributed by atoms with Crippen LogP contribution in [0.1, 0.15) is 31.3 Å². The van der Waals surface area contributed by atoms with Gasteiger partial charge in [-0.3, -0.25) is 0 Å². The van der Waals surface area contributed by atoms with Crippen molar-refractivity contribution in [1.29, 1.82) is 0 Å². The van der Waals surface area contributed by atoms with Crippen LogP contribution in [-0.2, 0) is 13.0 Å². The highest BCUT2D eigenvalue weighted by Crippen LogP contribution is 2.31. The van der Waals surface area contributed by atoms with Gasteiger partial charge in [0.15, 0.2) is 0 Å². The highest BCUT2D eigenvalue weighted by atomic mass is 35.5. The first-order valence-corrected chi connectivity index (χ1v) is 7.60. The van der Waals surface area contributed by atoms with Gasteiger partial charge < -0.3 is 9.88 Å². The molecule has 0 aliphatic rings. The molecule has 1 heterocycles. The number of nitrogens with one attached hydrogen (secondary N) is 1. The lowest BCUT2D eigenvalue weighted by atomic mass is 10.0. The average molecular weight is 312 g/mol. The van der Waals surface area contributed by atoms with Gasteiger partial charge in [-0.2, -0.15) is 0 Å². The normalized spacial score (nSPS) is 12.6. The molecule has 2 rings (SSSR count). The van der Waals surface area contributed by atoms with E-state index in [2.05, 4.69) is 28.7 Å². The Balaban J connectivity index is 2.32. The Kier molecular flexibility index (Phi) is 5.46. The monoisotopic (exact) mass is 311 g/mol.